The number of hydrogen-bond donors (Lipinski definition) is 1. The van der Waals surface area contributed by atoms with Crippen LogP contribution >= 0.6 is 0 Å². The maximum atomic E-state index is 13.3. The molecule has 2 aromatic carbocycles. The van der Waals surface area contributed by atoms with Crippen molar-refractivity contribution in [3.63, 3.8) is 0 Å². The van der Waals surface area contributed by atoms with Crippen LogP contribution in [0.5, 0.6) is 0 Å². The largest absolute Gasteiger partial charge is 0.450 e. The zero-order valence-electron chi connectivity index (χ0n) is 16.5. The zero-order valence-corrected chi connectivity index (χ0v) is 16.5. The molecule has 0 spiro atoms. The highest BCUT2D eigenvalue weighted by atomic mass is 16.3. The fraction of sp³-hybridized carbons (Fsp3) is 0.304. The summed E-state index contributed by atoms with van der Waals surface area (Å²) < 4.78 is 5.93. The number of benzene rings is 2. The van der Waals surface area contributed by atoms with Gasteiger partial charge in [0.1, 0.15) is 5.58 Å². The van der Waals surface area contributed by atoms with Gasteiger partial charge >= 0.3 is 0 Å². The van der Waals surface area contributed by atoms with Gasteiger partial charge in [-0.1, -0.05) is 42.0 Å². The van der Waals surface area contributed by atoms with Crippen molar-refractivity contribution in [3.05, 3.63) is 81.2 Å². The Kier molecular flexibility index (Phi) is 4.77. The Bertz CT molecular complexity index is 1080. The van der Waals surface area contributed by atoms with E-state index in [-0.39, 0.29) is 17.1 Å². The number of carbonyl (C=O) groups excluding carboxylic acids is 1. The highest BCUT2D eigenvalue weighted by molar-refractivity contribution is 5.99. The Morgan fingerprint density at radius 3 is 2.46 bits per heavy atom. The predicted octanol–water partition coefficient (Wildman–Crippen LogP) is 2.18. The lowest BCUT2D eigenvalue weighted by Crippen LogP contribution is -3.05. The molecule has 0 aliphatic carbocycles. The van der Waals surface area contributed by atoms with Crippen molar-refractivity contribution in [1.29, 1.82) is 0 Å². The van der Waals surface area contributed by atoms with Crippen molar-refractivity contribution >= 4 is 16.9 Å². The molecule has 1 aromatic heterocycles. The van der Waals surface area contributed by atoms with Crippen LogP contribution in [0.1, 0.15) is 39.7 Å². The van der Waals surface area contributed by atoms with Gasteiger partial charge in [0.15, 0.2) is 5.43 Å². The van der Waals surface area contributed by atoms with Crippen molar-refractivity contribution in [1.82, 2.24) is 4.90 Å². The summed E-state index contributed by atoms with van der Waals surface area (Å²) in [6.45, 7) is 3.56. The molecule has 0 fully saturated rings. The van der Waals surface area contributed by atoms with Crippen LogP contribution in [-0.2, 0) is 0 Å². The van der Waals surface area contributed by atoms with Gasteiger partial charge < -0.3 is 14.2 Å². The molecule has 5 nitrogen and oxygen atoms in total. The van der Waals surface area contributed by atoms with Crippen LogP contribution in [0.2, 0.25) is 0 Å². The molecule has 1 aliphatic heterocycles. The third kappa shape index (κ3) is 3.12. The third-order valence-corrected chi connectivity index (χ3v) is 5.34. The van der Waals surface area contributed by atoms with E-state index in [0.29, 0.717) is 23.1 Å². The molecule has 4 rings (SSSR count). The van der Waals surface area contributed by atoms with Crippen molar-refractivity contribution < 1.29 is 14.1 Å². The molecular weight excluding hydrogens is 352 g/mol. The standard InChI is InChI=1S/C23H24N2O3/c1-15-9-11-16(12-10-15)20-19-21(26)17-7-4-5-8-18(17)28-22(19)23(27)25(20)14-6-13-24(2)3/h4-5,7-12,20H,6,13-14H2,1-3H3/p+1/t20-/m1/s1. The quantitative estimate of drug-likeness (QED) is 0.742. The molecule has 0 saturated carbocycles. The number of carbonyl (C=O) groups is 1. The van der Waals surface area contributed by atoms with Crippen LogP contribution in [0.15, 0.2) is 57.7 Å². The summed E-state index contributed by atoms with van der Waals surface area (Å²) in [5.41, 5.74) is 2.89. The summed E-state index contributed by atoms with van der Waals surface area (Å²) in [4.78, 5) is 29.6. The van der Waals surface area contributed by atoms with E-state index >= 15 is 0 Å². The van der Waals surface area contributed by atoms with E-state index in [2.05, 4.69) is 14.1 Å². The molecule has 0 unspecified atom stereocenters. The molecule has 0 saturated heterocycles. The van der Waals surface area contributed by atoms with Gasteiger partial charge in [0.25, 0.3) is 5.91 Å². The number of nitrogens with zero attached hydrogens (tertiary/aromatic N) is 1. The Balaban J connectivity index is 1.86. The number of nitrogens with one attached hydrogen (secondary N) is 1. The predicted molar refractivity (Wildman–Crippen MR) is 109 cm³/mol. The molecule has 0 radical (unpaired) electrons. The van der Waals surface area contributed by atoms with E-state index in [0.717, 1.165) is 24.1 Å². The fourth-order valence-electron chi connectivity index (χ4n) is 3.90. The lowest BCUT2D eigenvalue weighted by Gasteiger charge is -2.25. The first kappa shape index (κ1) is 18.4. The van der Waals surface area contributed by atoms with Gasteiger partial charge in [0.2, 0.25) is 5.76 Å². The van der Waals surface area contributed by atoms with Crippen molar-refractivity contribution in [3.8, 4) is 0 Å². The van der Waals surface area contributed by atoms with Crippen LogP contribution in [0.25, 0.3) is 11.0 Å². The van der Waals surface area contributed by atoms with Crippen molar-refractivity contribution in [2.24, 2.45) is 0 Å². The molecule has 144 valence electrons. The van der Waals surface area contributed by atoms with Crippen LogP contribution in [0.3, 0.4) is 0 Å². The summed E-state index contributed by atoms with van der Waals surface area (Å²) in [6, 6.07) is 14.8. The number of para-hydroxylation sites is 1. The molecule has 0 bridgehead atoms. The second-order valence-corrected chi connectivity index (χ2v) is 7.79. The van der Waals surface area contributed by atoms with E-state index in [1.54, 1.807) is 17.0 Å². The summed E-state index contributed by atoms with van der Waals surface area (Å²) in [5, 5.41) is 0.519. The zero-order chi connectivity index (χ0) is 19.8. The van der Waals surface area contributed by atoms with E-state index in [9.17, 15) is 9.59 Å². The normalized spacial score (nSPS) is 16.2. The highest BCUT2D eigenvalue weighted by Gasteiger charge is 2.42. The van der Waals surface area contributed by atoms with E-state index in [1.165, 1.54) is 4.90 Å². The van der Waals surface area contributed by atoms with Gasteiger partial charge in [0.05, 0.1) is 37.6 Å². The average molecular weight is 377 g/mol. The van der Waals surface area contributed by atoms with Gasteiger partial charge in [-0.25, -0.2) is 0 Å². The Labute approximate surface area is 164 Å². The van der Waals surface area contributed by atoms with Gasteiger partial charge in [-0.2, -0.15) is 0 Å². The minimum atomic E-state index is -0.402. The van der Waals surface area contributed by atoms with Crippen LogP contribution in [-0.4, -0.2) is 38.0 Å². The Morgan fingerprint density at radius 2 is 1.75 bits per heavy atom. The molecule has 5 heteroatoms. The molecule has 28 heavy (non-hydrogen) atoms. The summed E-state index contributed by atoms with van der Waals surface area (Å²) in [7, 11) is 4.19. The van der Waals surface area contributed by atoms with Crippen molar-refractivity contribution in [2.75, 3.05) is 27.2 Å². The number of hydrogen-bond acceptors (Lipinski definition) is 3. The van der Waals surface area contributed by atoms with Gasteiger partial charge in [0, 0.05) is 13.0 Å². The highest BCUT2D eigenvalue weighted by Crippen LogP contribution is 2.38. The summed E-state index contributed by atoms with van der Waals surface area (Å²) >= 11 is 0. The van der Waals surface area contributed by atoms with Gasteiger partial charge in [-0.15, -0.1) is 0 Å². The monoisotopic (exact) mass is 377 g/mol. The Hall–Kier alpha value is -2.92. The number of fused-ring (bicyclic) bond motifs is 2. The average Bonchev–Trinajstić information content (AvgIpc) is 2.95. The van der Waals surface area contributed by atoms with Gasteiger partial charge in [-0.3, -0.25) is 9.59 Å². The maximum absolute atomic E-state index is 13.3. The second kappa shape index (κ2) is 7.24. The number of amides is 1. The molecule has 3 aromatic rings. The van der Waals surface area contributed by atoms with Gasteiger partial charge in [-0.05, 0) is 24.6 Å². The number of rotatable bonds is 5. The van der Waals surface area contributed by atoms with E-state index in [1.807, 2.05) is 43.3 Å². The lowest BCUT2D eigenvalue weighted by molar-refractivity contribution is -0.858. The molecule has 1 amide bonds. The molecule has 2 heterocycles. The molecule has 1 aliphatic rings. The smallest absolute Gasteiger partial charge is 0.290 e. The topological polar surface area (TPSA) is 55.0 Å². The molecular formula is C23H25N2O3+. The summed E-state index contributed by atoms with van der Waals surface area (Å²) in [5.74, 6) is -0.0105. The van der Waals surface area contributed by atoms with Crippen LogP contribution < -0.4 is 10.3 Å². The summed E-state index contributed by atoms with van der Waals surface area (Å²) in [6.07, 6.45) is 0.859. The Morgan fingerprint density at radius 1 is 1.04 bits per heavy atom. The van der Waals surface area contributed by atoms with Crippen LogP contribution in [0.4, 0.5) is 0 Å². The molecule has 1 atom stereocenters. The SMILES string of the molecule is Cc1ccc([C@@H]2c3c(oc4ccccc4c3=O)C(=O)N2CCC[NH+](C)C)cc1. The van der Waals surface area contributed by atoms with E-state index in [4.69, 9.17) is 4.42 Å². The fourth-order valence-corrected chi connectivity index (χ4v) is 3.90. The number of quaternary nitrogens is 1. The van der Waals surface area contributed by atoms with E-state index < -0.39 is 6.04 Å². The first-order chi connectivity index (χ1) is 13.5. The number of aryl methyl sites for hydroxylation is 1. The lowest BCUT2D eigenvalue weighted by atomic mass is 9.97. The van der Waals surface area contributed by atoms with Crippen molar-refractivity contribution in [2.45, 2.75) is 19.4 Å². The maximum Gasteiger partial charge on any atom is 0.290 e. The third-order valence-electron chi connectivity index (χ3n) is 5.34. The molecule has 1 N–H and O–H groups in total. The first-order valence-electron chi connectivity index (χ1n) is 9.69. The van der Waals surface area contributed by atoms with Crippen LogP contribution in [0, 0.1) is 6.92 Å². The minimum absolute atomic E-state index is 0.114. The minimum Gasteiger partial charge on any atom is -0.450 e. The second-order valence-electron chi connectivity index (χ2n) is 7.79. The first-order valence-corrected chi connectivity index (χ1v) is 9.69.